The van der Waals surface area contributed by atoms with Crippen LogP contribution in [0, 0.1) is 0 Å². The molecule has 8 heteroatoms. The molecule has 1 N–H and O–H groups in total. The zero-order valence-electron chi connectivity index (χ0n) is 12.8. The summed E-state index contributed by atoms with van der Waals surface area (Å²) >= 11 is 0. The molecule has 2 aliphatic rings. The molecule has 0 aromatic heterocycles. The molecule has 1 unspecified atom stereocenters. The molecule has 3 amide bonds. The number of amides is 3. The molecule has 1 saturated carbocycles. The maximum atomic E-state index is 12.4. The lowest BCUT2D eigenvalue weighted by Gasteiger charge is -2.34. The molecular weight excluding hydrogens is 290 g/mol. The molecule has 2 rings (SSSR count). The van der Waals surface area contributed by atoms with Crippen molar-refractivity contribution in [2.75, 3.05) is 26.2 Å². The number of rotatable bonds is 6. The smallest absolute Gasteiger partial charge is 0.326 e. The van der Waals surface area contributed by atoms with Gasteiger partial charge in [-0.1, -0.05) is 0 Å². The van der Waals surface area contributed by atoms with Crippen molar-refractivity contribution in [2.24, 2.45) is 0 Å². The third-order valence-corrected chi connectivity index (χ3v) is 4.11. The fourth-order valence-electron chi connectivity index (χ4n) is 2.62. The molecule has 22 heavy (non-hydrogen) atoms. The van der Waals surface area contributed by atoms with Crippen molar-refractivity contribution >= 4 is 23.7 Å². The van der Waals surface area contributed by atoms with E-state index in [1.807, 2.05) is 0 Å². The fraction of sp³-hybridized carbons (Fsp3) is 0.714. The van der Waals surface area contributed by atoms with Crippen LogP contribution >= 0.6 is 0 Å². The first-order valence-electron chi connectivity index (χ1n) is 7.49. The summed E-state index contributed by atoms with van der Waals surface area (Å²) in [5.74, 6) is -2.78. The molecule has 8 nitrogen and oxygen atoms in total. The summed E-state index contributed by atoms with van der Waals surface area (Å²) in [5.41, 5.74) is 0. The lowest BCUT2D eigenvalue weighted by Crippen LogP contribution is -2.57. The molecule has 0 radical (unpaired) electrons. The first-order valence-corrected chi connectivity index (χ1v) is 7.49. The number of carbonyl (C=O) groups is 4. The molecule has 1 aliphatic heterocycles. The first-order chi connectivity index (χ1) is 10.4. The van der Waals surface area contributed by atoms with Crippen molar-refractivity contribution in [2.45, 2.75) is 38.8 Å². The Kier molecular flexibility index (Phi) is 4.68. The standard InChI is InChI=1S/C14H21N3O5/c1-3-15-6-7-16(13(20)12(15)19)8-11(18)17(10-4-5-10)9(2)14(21)22/h9-10H,3-8H2,1-2H3,(H,21,22). The third-order valence-electron chi connectivity index (χ3n) is 4.11. The minimum absolute atomic E-state index is 0.0682. The van der Waals surface area contributed by atoms with Gasteiger partial charge in [0, 0.05) is 25.7 Å². The average Bonchev–Trinajstić information content (AvgIpc) is 3.29. The summed E-state index contributed by atoms with van der Waals surface area (Å²) in [6, 6.07) is -0.996. The van der Waals surface area contributed by atoms with Gasteiger partial charge in [0.25, 0.3) is 0 Å². The SMILES string of the molecule is CCN1CCN(CC(=O)N(C2CC2)C(C)C(=O)O)C(=O)C1=O. The van der Waals surface area contributed by atoms with Crippen molar-refractivity contribution in [3.8, 4) is 0 Å². The van der Waals surface area contributed by atoms with Crippen LogP contribution in [0.4, 0.5) is 0 Å². The normalized spacial score (nSPS) is 20.1. The van der Waals surface area contributed by atoms with Gasteiger partial charge in [-0.15, -0.1) is 0 Å². The molecule has 0 spiro atoms. The first kappa shape index (κ1) is 16.3. The number of aliphatic carboxylic acids is 1. The highest BCUT2D eigenvalue weighted by Crippen LogP contribution is 2.29. The molecule has 1 heterocycles. The van der Waals surface area contributed by atoms with Crippen molar-refractivity contribution in [3.63, 3.8) is 0 Å². The molecule has 0 aromatic rings. The average molecular weight is 311 g/mol. The summed E-state index contributed by atoms with van der Waals surface area (Å²) in [6.45, 7) is 4.15. The topological polar surface area (TPSA) is 98.2 Å². The van der Waals surface area contributed by atoms with Crippen LogP contribution in [0.1, 0.15) is 26.7 Å². The monoisotopic (exact) mass is 311 g/mol. The number of carboxylic acid groups (broad SMARTS) is 1. The summed E-state index contributed by atoms with van der Waals surface area (Å²) < 4.78 is 0. The number of piperazine rings is 1. The highest BCUT2D eigenvalue weighted by atomic mass is 16.4. The van der Waals surface area contributed by atoms with Crippen LogP contribution in [-0.4, -0.2) is 81.8 Å². The maximum Gasteiger partial charge on any atom is 0.326 e. The van der Waals surface area contributed by atoms with Gasteiger partial charge in [-0.05, 0) is 26.7 Å². The molecular formula is C14H21N3O5. The van der Waals surface area contributed by atoms with Gasteiger partial charge in [-0.2, -0.15) is 0 Å². The van der Waals surface area contributed by atoms with Gasteiger partial charge >= 0.3 is 17.8 Å². The van der Waals surface area contributed by atoms with Crippen molar-refractivity contribution in [1.82, 2.24) is 14.7 Å². The molecule has 1 saturated heterocycles. The fourth-order valence-corrected chi connectivity index (χ4v) is 2.62. The van der Waals surface area contributed by atoms with Crippen molar-refractivity contribution < 1.29 is 24.3 Å². The molecule has 0 aromatic carbocycles. The number of likely N-dealkylation sites (N-methyl/N-ethyl adjacent to an activating group) is 1. The largest absolute Gasteiger partial charge is 0.480 e. The van der Waals surface area contributed by atoms with Crippen LogP contribution < -0.4 is 0 Å². The van der Waals surface area contributed by atoms with E-state index in [2.05, 4.69) is 0 Å². The number of nitrogens with zero attached hydrogens (tertiary/aromatic N) is 3. The highest BCUT2D eigenvalue weighted by molar-refractivity contribution is 6.35. The second-order valence-corrected chi connectivity index (χ2v) is 5.66. The Morgan fingerprint density at radius 2 is 1.77 bits per heavy atom. The van der Waals surface area contributed by atoms with E-state index in [4.69, 9.17) is 5.11 Å². The predicted octanol–water partition coefficient (Wildman–Crippen LogP) is -0.859. The van der Waals surface area contributed by atoms with E-state index in [1.54, 1.807) is 6.92 Å². The van der Waals surface area contributed by atoms with Crippen molar-refractivity contribution in [3.05, 3.63) is 0 Å². The number of carbonyl (C=O) groups excluding carboxylic acids is 3. The summed E-state index contributed by atoms with van der Waals surface area (Å²) in [7, 11) is 0. The van der Waals surface area contributed by atoms with E-state index in [0.717, 1.165) is 12.8 Å². The van der Waals surface area contributed by atoms with Gasteiger partial charge in [0.05, 0.1) is 0 Å². The zero-order chi connectivity index (χ0) is 16.4. The van der Waals surface area contributed by atoms with Gasteiger partial charge in [0.15, 0.2) is 0 Å². The number of carboxylic acids is 1. The molecule has 1 atom stereocenters. The highest BCUT2D eigenvalue weighted by Gasteiger charge is 2.40. The predicted molar refractivity (Wildman–Crippen MR) is 75.8 cm³/mol. The van der Waals surface area contributed by atoms with E-state index < -0.39 is 29.7 Å². The van der Waals surface area contributed by atoms with E-state index >= 15 is 0 Å². The van der Waals surface area contributed by atoms with Gasteiger partial charge in [-0.25, -0.2) is 4.79 Å². The van der Waals surface area contributed by atoms with Gasteiger partial charge < -0.3 is 19.8 Å². The zero-order valence-corrected chi connectivity index (χ0v) is 12.8. The minimum Gasteiger partial charge on any atom is -0.480 e. The summed E-state index contributed by atoms with van der Waals surface area (Å²) in [6.07, 6.45) is 1.56. The van der Waals surface area contributed by atoms with E-state index in [1.165, 1.54) is 21.6 Å². The number of hydrogen-bond donors (Lipinski definition) is 1. The summed E-state index contributed by atoms with van der Waals surface area (Å²) in [4.78, 5) is 51.3. The summed E-state index contributed by atoms with van der Waals surface area (Å²) in [5, 5.41) is 9.11. The minimum atomic E-state index is -1.07. The maximum absolute atomic E-state index is 12.4. The van der Waals surface area contributed by atoms with E-state index in [-0.39, 0.29) is 12.6 Å². The number of hydrogen-bond acceptors (Lipinski definition) is 4. The Hall–Kier alpha value is -2.12. The van der Waals surface area contributed by atoms with Crippen molar-refractivity contribution in [1.29, 1.82) is 0 Å². The van der Waals surface area contributed by atoms with Crippen LogP contribution in [-0.2, 0) is 19.2 Å². The van der Waals surface area contributed by atoms with Crippen LogP contribution in [0.25, 0.3) is 0 Å². The third kappa shape index (κ3) is 3.20. The van der Waals surface area contributed by atoms with Crippen LogP contribution in [0.5, 0.6) is 0 Å². The quantitative estimate of drug-likeness (QED) is 0.644. The van der Waals surface area contributed by atoms with Crippen LogP contribution in [0.15, 0.2) is 0 Å². The molecule has 2 fully saturated rings. The van der Waals surface area contributed by atoms with Crippen LogP contribution in [0.3, 0.4) is 0 Å². The second kappa shape index (κ2) is 6.33. The molecule has 122 valence electrons. The van der Waals surface area contributed by atoms with Gasteiger partial charge in [0.2, 0.25) is 5.91 Å². The Bertz CT molecular complexity index is 503. The Morgan fingerprint density at radius 1 is 1.23 bits per heavy atom. The lowest BCUT2D eigenvalue weighted by atomic mass is 10.2. The lowest BCUT2D eigenvalue weighted by molar-refractivity contribution is -0.159. The molecule has 1 aliphatic carbocycles. The van der Waals surface area contributed by atoms with Crippen LogP contribution in [0.2, 0.25) is 0 Å². The Labute approximate surface area is 128 Å². The molecule has 0 bridgehead atoms. The van der Waals surface area contributed by atoms with Gasteiger partial charge in [-0.3, -0.25) is 14.4 Å². The van der Waals surface area contributed by atoms with E-state index in [0.29, 0.717) is 19.6 Å². The van der Waals surface area contributed by atoms with Gasteiger partial charge in [0.1, 0.15) is 12.6 Å². The Morgan fingerprint density at radius 3 is 2.27 bits per heavy atom. The van der Waals surface area contributed by atoms with E-state index in [9.17, 15) is 19.2 Å². The Balaban J connectivity index is 2.03. The second-order valence-electron chi connectivity index (χ2n) is 5.66.